The lowest BCUT2D eigenvalue weighted by Gasteiger charge is -2.40. The molecule has 94 valence electrons. The smallest absolute Gasteiger partial charge is 0.0715 e. The first-order valence-electron chi connectivity index (χ1n) is 6.63. The van der Waals surface area contributed by atoms with Crippen LogP contribution in [0.1, 0.15) is 53.9 Å². The summed E-state index contributed by atoms with van der Waals surface area (Å²) in [5, 5.41) is 13.4. The highest BCUT2D eigenvalue weighted by Crippen LogP contribution is 2.65. The van der Waals surface area contributed by atoms with E-state index in [1.165, 1.54) is 19.3 Å². The fourth-order valence-electron chi connectivity index (χ4n) is 3.89. The molecule has 16 heavy (non-hydrogen) atoms. The zero-order valence-corrected chi connectivity index (χ0v) is 11.4. The van der Waals surface area contributed by atoms with E-state index in [-0.39, 0.29) is 0 Å². The Morgan fingerprint density at radius 1 is 1.31 bits per heavy atom. The van der Waals surface area contributed by atoms with Crippen LogP contribution in [0.25, 0.3) is 0 Å². The number of fused-ring (bicyclic) bond motifs is 2. The summed E-state index contributed by atoms with van der Waals surface area (Å²) in [6.07, 6.45) is 4.03. The summed E-state index contributed by atoms with van der Waals surface area (Å²) in [4.78, 5) is 0. The highest BCUT2D eigenvalue weighted by molar-refractivity contribution is 5.13. The van der Waals surface area contributed by atoms with Crippen LogP contribution in [-0.4, -0.2) is 23.3 Å². The number of hydrogen-bond donors (Lipinski definition) is 2. The molecule has 2 rings (SSSR count). The SMILES string of the molecule is CC(C)(O)CNC1CC2CC[C@@]1(C)C2(C)C. The topological polar surface area (TPSA) is 32.3 Å². The predicted molar refractivity (Wildman–Crippen MR) is 67.3 cm³/mol. The number of aliphatic hydroxyl groups is 1. The van der Waals surface area contributed by atoms with Gasteiger partial charge in [0.1, 0.15) is 0 Å². The minimum Gasteiger partial charge on any atom is -0.389 e. The standard InChI is InChI=1S/C14H27NO/c1-12(2,16)9-15-11-8-10-6-7-14(11,5)13(10,3)4/h10-11,15-16H,6-9H2,1-5H3/t10?,11?,14-/m1/s1. The Hall–Kier alpha value is -0.0800. The number of rotatable bonds is 3. The molecule has 0 aromatic rings. The maximum Gasteiger partial charge on any atom is 0.0715 e. The van der Waals surface area contributed by atoms with Crippen molar-refractivity contribution in [2.75, 3.05) is 6.54 Å². The van der Waals surface area contributed by atoms with Crippen molar-refractivity contribution in [3.8, 4) is 0 Å². The Labute approximate surface area is 99.8 Å². The summed E-state index contributed by atoms with van der Waals surface area (Å²) >= 11 is 0. The van der Waals surface area contributed by atoms with Gasteiger partial charge in [-0.05, 0) is 49.9 Å². The first-order chi connectivity index (χ1) is 7.17. The van der Waals surface area contributed by atoms with Crippen molar-refractivity contribution < 1.29 is 5.11 Å². The summed E-state index contributed by atoms with van der Waals surface area (Å²) in [5.41, 5.74) is 0.287. The van der Waals surface area contributed by atoms with Gasteiger partial charge in [-0.3, -0.25) is 0 Å². The van der Waals surface area contributed by atoms with Gasteiger partial charge in [-0.25, -0.2) is 0 Å². The third-order valence-electron chi connectivity index (χ3n) is 5.58. The molecule has 0 heterocycles. The van der Waals surface area contributed by atoms with Crippen molar-refractivity contribution >= 4 is 0 Å². The van der Waals surface area contributed by atoms with E-state index in [0.29, 0.717) is 23.4 Å². The van der Waals surface area contributed by atoms with Crippen LogP contribution in [0.4, 0.5) is 0 Å². The van der Waals surface area contributed by atoms with E-state index in [2.05, 4.69) is 26.1 Å². The first kappa shape index (κ1) is 12.4. The Kier molecular flexibility index (Phi) is 2.67. The van der Waals surface area contributed by atoms with Crippen molar-refractivity contribution in [2.45, 2.75) is 65.5 Å². The summed E-state index contributed by atoms with van der Waals surface area (Å²) < 4.78 is 0. The van der Waals surface area contributed by atoms with Crippen LogP contribution in [0.5, 0.6) is 0 Å². The predicted octanol–water partition coefficient (Wildman–Crippen LogP) is 2.56. The van der Waals surface area contributed by atoms with Crippen LogP contribution in [0, 0.1) is 16.7 Å². The van der Waals surface area contributed by atoms with Gasteiger partial charge < -0.3 is 10.4 Å². The monoisotopic (exact) mass is 225 g/mol. The average Bonchev–Trinajstić information content (AvgIpc) is 2.45. The summed E-state index contributed by atoms with van der Waals surface area (Å²) in [5.74, 6) is 0.872. The molecule has 0 aromatic carbocycles. The molecule has 2 N–H and O–H groups in total. The van der Waals surface area contributed by atoms with E-state index < -0.39 is 5.60 Å². The lowest BCUT2D eigenvalue weighted by atomic mass is 9.69. The molecule has 0 spiro atoms. The van der Waals surface area contributed by atoms with Gasteiger partial charge in [-0.2, -0.15) is 0 Å². The third kappa shape index (κ3) is 1.70. The van der Waals surface area contributed by atoms with E-state index in [1.54, 1.807) is 0 Å². The molecule has 2 unspecified atom stereocenters. The molecule has 0 amide bonds. The summed E-state index contributed by atoms with van der Waals surface area (Å²) in [6, 6.07) is 0.590. The van der Waals surface area contributed by atoms with Crippen molar-refractivity contribution in [1.82, 2.24) is 5.32 Å². The van der Waals surface area contributed by atoms with Crippen LogP contribution in [0.2, 0.25) is 0 Å². The van der Waals surface area contributed by atoms with Gasteiger partial charge in [0.05, 0.1) is 5.60 Å². The van der Waals surface area contributed by atoms with Gasteiger partial charge >= 0.3 is 0 Å². The normalized spacial score (nSPS) is 41.6. The molecule has 0 saturated heterocycles. The van der Waals surface area contributed by atoms with Gasteiger partial charge in [0.2, 0.25) is 0 Å². The molecule has 2 bridgehead atoms. The van der Waals surface area contributed by atoms with Crippen LogP contribution in [0.15, 0.2) is 0 Å². The maximum atomic E-state index is 9.80. The van der Waals surface area contributed by atoms with E-state index in [4.69, 9.17) is 0 Å². The molecular formula is C14H27NO. The van der Waals surface area contributed by atoms with E-state index >= 15 is 0 Å². The Balaban J connectivity index is 2.05. The number of hydrogen-bond acceptors (Lipinski definition) is 2. The second-order valence-corrected chi connectivity index (χ2v) is 7.36. The van der Waals surface area contributed by atoms with Gasteiger partial charge in [0, 0.05) is 12.6 Å². The Morgan fingerprint density at radius 2 is 1.94 bits per heavy atom. The molecule has 3 atom stereocenters. The molecule has 2 aliphatic carbocycles. The van der Waals surface area contributed by atoms with Gasteiger partial charge in [-0.15, -0.1) is 0 Å². The van der Waals surface area contributed by atoms with Crippen molar-refractivity contribution in [3.63, 3.8) is 0 Å². The van der Waals surface area contributed by atoms with Crippen molar-refractivity contribution in [1.29, 1.82) is 0 Å². The van der Waals surface area contributed by atoms with Crippen LogP contribution >= 0.6 is 0 Å². The molecule has 2 nitrogen and oxygen atoms in total. The zero-order valence-electron chi connectivity index (χ0n) is 11.4. The van der Waals surface area contributed by atoms with Gasteiger partial charge in [-0.1, -0.05) is 20.8 Å². The van der Waals surface area contributed by atoms with Gasteiger partial charge in [0.25, 0.3) is 0 Å². The highest BCUT2D eigenvalue weighted by Gasteiger charge is 2.61. The Bertz CT molecular complexity index is 279. The minimum absolute atomic E-state index is 0.420. The molecule has 2 fully saturated rings. The maximum absolute atomic E-state index is 9.80. The van der Waals surface area contributed by atoms with Crippen molar-refractivity contribution in [2.24, 2.45) is 16.7 Å². The molecule has 2 heteroatoms. The van der Waals surface area contributed by atoms with Gasteiger partial charge in [0.15, 0.2) is 0 Å². The quantitative estimate of drug-likeness (QED) is 0.773. The van der Waals surface area contributed by atoms with E-state index in [9.17, 15) is 5.11 Å². The Morgan fingerprint density at radius 3 is 2.31 bits per heavy atom. The molecule has 0 aromatic heterocycles. The molecule has 0 aliphatic heterocycles. The lowest BCUT2D eigenvalue weighted by Crippen LogP contribution is -2.48. The van der Waals surface area contributed by atoms with Crippen LogP contribution < -0.4 is 5.32 Å². The second kappa shape index (κ2) is 3.46. The van der Waals surface area contributed by atoms with E-state index in [1.807, 2.05) is 13.8 Å². The lowest BCUT2D eigenvalue weighted by molar-refractivity contribution is 0.0597. The summed E-state index contributed by atoms with van der Waals surface area (Å²) in [6.45, 7) is 11.7. The largest absolute Gasteiger partial charge is 0.389 e. The summed E-state index contributed by atoms with van der Waals surface area (Å²) in [7, 11) is 0. The molecule has 2 saturated carbocycles. The fourth-order valence-corrected chi connectivity index (χ4v) is 3.89. The average molecular weight is 225 g/mol. The van der Waals surface area contributed by atoms with Crippen LogP contribution in [-0.2, 0) is 0 Å². The second-order valence-electron chi connectivity index (χ2n) is 7.36. The van der Waals surface area contributed by atoms with Crippen LogP contribution in [0.3, 0.4) is 0 Å². The molecule has 0 radical (unpaired) electrons. The third-order valence-corrected chi connectivity index (χ3v) is 5.58. The van der Waals surface area contributed by atoms with E-state index in [0.717, 1.165) is 5.92 Å². The molecular weight excluding hydrogens is 198 g/mol. The molecule has 2 aliphatic rings. The fraction of sp³-hybridized carbons (Fsp3) is 1.00. The highest BCUT2D eigenvalue weighted by atomic mass is 16.3. The minimum atomic E-state index is -0.595. The number of nitrogens with one attached hydrogen (secondary N) is 1. The first-order valence-corrected chi connectivity index (χ1v) is 6.63. The van der Waals surface area contributed by atoms with Crippen molar-refractivity contribution in [3.05, 3.63) is 0 Å². The zero-order chi connectivity index (χ0) is 12.2.